The molecule has 0 radical (unpaired) electrons. The number of alkyl carbamates (subject to hydrolysis) is 1. The Morgan fingerprint density at radius 1 is 1.24 bits per heavy atom. The highest BCUT2D eigenvalue weighted by atomic mass is 35.6. The van der Waals surface area contributed by atoms with Crippen LogP contribution in [0.4, 0.5) is 4.79 Å². The fourth-order valence-electron chi connectivity index (χ4n) is 1.46. The predicted molar refractivity (Wildman–Crippen MR) is 85.9 cm³/mol. The van der Waals surface area contributed by atoms with Gasteiger partial charge in [0.2, 0.25) is 0 Å². The van der Waals surface area contributed by atoms with Gasteiger partial charge in [0.05, 0.1) is 12.1 Å². The number of halogens is 3. The van der Waals surface area contributed by atoms with Gasteiger partial charge in [0.1, 0.15) is 5.60 Å². The molecule has 21 heavy (non-hydrogen) atoms. The third-order valence-electron chi connectivity index (χ3n) is 2.38. The Morgan fingerprint density at radius 2 is 1.76 bits per heavy atom. The minimum Gasteiger partial charge on any atom is -0.444 e. The van der Waals surface area contributed by atoms with Crippen LogP contribution in [0, 0.1) is 0 Å². The second-order valence-corrected chi connectivity index (χ2v) is 7.67. The standard InChI is InChI=1S/C13H21Cl3N2O3/c1-6-8(17-10(19)13(14,15)16)9(7-2)18-11(20)21-12(3,4)5/h6,8-9H,1,7H2,2-5H3,(H,17,19)(H,18,20)/t8?,9-/m0/s1. The highest BCUT2D eigenvalue weighted by Crippen LogP contribution is 2.26. The second-order valence-electron chi connectivity index (χ2n) is 5.39. The summed E-state index contributed by atoms with van der Waals surface area (Å²) in [7, 11) is 0. The van der Waals surface area contributed by atoms with Crippen molar-refractivity contribution in [2.24, 2.45) is 0 Å². The molecule has 5 nitrogen and oxygen atoms in total. The zero-order valence-electron chi connectivity index (χ0n) is 12.5. The molecule has 0 aliphatic heterocycles. The summed E-state index contributed by atoms with van der Waals surface area (Å²) in [6.07, 6.45) is 1.39. The largest absolute Gasteiger partial charge is 0.444 e. The highest BCUT2D eigenvalue weighted by molar-refractivity contribution is 6.76. The van der Waals surface area contributed by atoms with E-state index in [0.29, 0.717) is 6.42 Å². The van der Waals surface area contributed by atoms with Gasteiger partial charge in [-0.2, -0.15) is 0 Å². The van der Waals surface area contributed by atoms with Crippen molar-refractivity contribution in [3.63, 3.8) is 0 Å². The summed E-state index contributed by atoms with van der Waals surface area (Å²) in [6.45, 7) is 10.7. The Hall–Kier alpha value is -0.650. The smallest absolute Gasteiger partial charge is 0.407 e. The maximum Gasteiger partial charge on any atom is 0.407 e. The zero-order valence-corrected chi connectivity index (χ0v) is 14.8. The van der Waals surface area contributed by atoms with Crippen LogP contribution >= 0.6 is 34.8 Å². The maximum absolute atomic E-state index is 11.8. The predicted octanol–water partition coefficient (Wildman–Crippen LogP) is 3.33. The lowest BCUT2D eigenvalue weighted by Gasteiger charge is -2.28. The fraction of sp³-hybridized carbons (Fsp3) is 0.692. The van der Waals surface area contributed by atoms with Crippen LogP contribution in [0.5, 0.6) is 0 Å². The highest BCUT2D eigenvalue weighted by Gasteiger charge is 2.33. The Kier molecular flexibility index (Phi) is 7.86. The van der Waals surface area contributed by atoms with Crippen LogP contribution in [-0.2, 0) is 9.53 Å². The van der Waals surface area contributed by atoms with Crippen molar-refractivity contribution in [3.8, 4) is 0 Å². The van der Waals surface area contributed by atoms with E-state index >= 15 is 0 Å². The van der Waals surface area contributed by atoms with Gasteiger partial charge in [-0.15, -0.1) is 6.58 Å². The molecule has 8 heteroatoms. The molecule has 0 rings (SSSR count). The second kappa shape index (κ2) is 8.11. The van der Waals surface area contributed by atoms with Crippen LogP contribution < -0.4 is 10.6 Å². The average Bonchev–Trinajstić information content (AvgIpc) is 2.29. The van der Waals surface area contributed by atoms with Crippen molar-refractivity contribution in [2.45, 2.75) is 55.6 Å². The van der Waals surface area contributed by atoms with Crippen molar-refractivity contribution in [1.29, 1.82) is 0 Å². The molecule has 0 bridgehead atoms. The van der Waals surface area contributed by atoms with E-state index in [4.69, 9.17) is 39.5 Å². The van der Waals surface area contributed by atoms with Gasteiger partial charge in [0.15, 0.2) is 0 Å². The molecule has 0 aromatic heterocycles. The van der Waals surface area contributed by atoms with Gasteiger partial charge in [-0.25, -0.2) is 4.79 Å². The number of hydrogen-bond acceptors (Lipinski definition) is 3. The molecule has 0 spiro atoms. The van der Waals surface area contributed by atoms with Gasteiger partial charge in [0, 0.05) is 0 Å². The molecule has 1 unspecified atom stereocenters. The van der Waals surface area contributed by atoms with E-state index in [1.54, 1.807) is 20.8 Å². The average molecular weight is 360 g/mol. The summed E-state index contributed by atoms with van der Waals surface area (Å²) in [5.74, 6) is -0.790. The van der Waals surface area contributed by atoms with Gasteiger partial charge in [-0.05, 0) is 27.2 Å². The fourth-order valence-corrected chi connectivity index (χ4v) is 1.63. The van der Waals surface area contributed by atoms with Gasteiger partial charge in [-0.3, -0.25) is 4.79 Å². The Labute approximate surface area is 140 Å². The van der Waals surface area contributed by atoms with Crippen molar-refractivity contribution in [2.75, 3.05) is 0 Å². The molecule has 0 saturated heterocycles. The van der Waals surface area contributed by atoms with Crippen LogP contribution in [0.15, 0.2) is 12.7 Å². The summed E-state index contributed by atoms with van der Waals surface area (Å²) in [4.78, 5) is 23.4. The minimum absolute atomic E-state index is 0.436. The molecule has 2 amide bonds. The molecule has 0 saturated carbocycles. The minimum atomic E-state index is -2.08. The monoisotopic (exact) mass is 358 g/mol. The van der Waals surface area contributed by atoms with Gasteiger partial charge >= 0.3 is 6.09 Å². The molecule has 0 heterocycles. The molecule has 122 valence electrons. The van der Waals surface area contributed by atoms with E-state index in [-0.39, 0.29) is 0 Å². The molecule has 0 fully saturated rings. The maximum atomic E-state index is 11.8. The lowest BCUT2D eigenvalue weighted by Crippen LogP contribution is -2.53. The molecule has 2 N–H and O–H groups in total. The number of ether oxygens (including phenoxy) is 1. The quantitative estimate of drug-likeness (QED) is 0.584. The first-order valence-electron chi connectivity index (χ1n) is 6.40. The number of carbonyl (C=O) groups excluding carboxylic acids is 2. The third kappa shape index (κ3) is 8.39. The van der Waals surface area contributed by atoms with Crippen LogP contribution in [0.1, 0.15) is 34.1 Å². The molecule has 0 aromatic rings. The van der Waals surface area contributed by atoms with Gasteiger partial charge in [-0.1, -0.05) is 47.8 Å². The van der Waals surface area contributed by atoms with Crippen LogP contribution in [0.3, 0.4) is 0 Å². The summed E-state index contributed by atoms with van der Waals surface area (Å²) in [5.41, 5.74) is -0.618. The Balaban J connectivity index is 4.78. The van der Waals surface area contributed by atoms with Crippen LogP contribution in [-0.4, -0.2) is 33.5 Å². The summed E-state index contributed by atoms with van der Waals surface area (Å²) in [5, 5.41) is 5.16. The first kappa shape index (κ1) is 20.3. The molecule has 0 aliphatic carbocycles. The topological polar surface area (TPSA) is 67.4 Å². The SMILES string of the molecule is C=CC(NC(=O)C(Cl)(Cl)Cl)[C@H](CC)NC(=O)OC(C)(C)C. The Morgan fingerprint density at radius 3 is 2.10 bits per heavy atom. The van der Waals surface area contributed by atoms with Crippen LogP contribution in [0.2, 0.25) is 0 Å². The summed E-state index contributed by atoms with van der Waals surface area (Å²) < 4.78 is 3.08. The van der Waals surface area contributed by atoms with E-state index in [1.807, 2.05) is 6.92 Å². The normalized spacial score (nSPS) is 14.8. The van der Waals surface area contributed by atoms with Crippen molar-refractivity contribution in [1.82, 2.24) is 10.6 Å². The Bertz CT molecular complexity index is 389. The van der Waals surface area contributed by atoms with Crippen molar-refractivity contribution in [3.05, 3.63) is 12.7 Å². The van der Waals surface area contributed by atoms with Gasteiger partial charge in [0.25, 0.3) is 9.70 Å². The first-order valence-corrected chi connectivity index (χ1v) is 7.53. The third-order valence-corrected chi connectivity index (χ3v) is 2.90. The lowest BCUT2D eigenvalue weighted by molar-refractivity contribution is -0.120. The number of carbonyl (C=O) groups is 2. The van der Waals surface area contributed by atoms with E-state index < -0.39 is 33.5 Å². The number of amides is 2. The molecular weight excluding hydrogens is 339 g/mol. The van der Waals surface area contributed by atoms with Crippen molar-refractivity contribution >= 4 is 46.8 Å². The number of nitrogens with one attached hydrogen (secondary N) is 2. The zero-order chi connectivity index (χ0) is 16.8. The molecule has 0 aromatic carbocycles. The van der Waals surface area contributed by atoms with E-state index in [9.17, 15) is 9.59 Å². The summed E-state index contributed by atoms with van der Waals surface area (Å²) >= 11 is 16.5. The van der Waals surface area contributed by atoms with E-state index in [1.165, 1.54) is 6.08 Å². The molecular formula is C13H21Cl3N2O3. The first-order chi connectivity index (χ1) is 9.40. The molecule has 0 aliphatic rings. The number of hydrogen-bond donors (Lipinski definition) is 2. The lowest BCUT2D eigenvalue weighted by atomic mass is 10.1. The van der Waals surface area contributed by atoms with Gasteiger partial charge < -0.3 is 15.4 Å². The number of alkyl halides is 3. The van der Waals surface area contributed by atoms with Crippen LogP contribution in [0.25, 0.3) is 0 Å². The van der Waals surface area contributed by atoms with E-state index in [0.717, 1.165) is 0 Å². The van der Waals surface area contributed by atoms with E-state index in [2.05, 4.69) is 17.2 Å². The summed E-state index contributed by atoms with van der Waals surface area (Å²) in [6, 6.07) is -1.03. The van der Waals surface area contributed by atoms with Crippen molar-refractivity contribution < 1.29 is 14.3 Å². The number of rotatable bonds is 5. The molecule has 2 atom stereocenters.